The third-order valence-electron chi connectivity index (χ3n) is 3.34. The lowest BCUT2D eigenvalue weighted by Gasteiger charge is -2.33. The molecule has 104 valence electrons. The maximum Gasteiger partial charge on any atom is 0.230 e. The number of tetrazole rings is 1. The monoisotopic (exact) mass is 289 g/mol. The highest BCUT2D eigenvalue weighted by Crippen LogP contribution is 2.34. The molecule has 1 aliphatic carbocycles. The SMILES string of the molecule is O=C(CSc1ccccc1)NC1CC(c2nn[nH]n2)C1. The summed E-state index contributed by atoms with van der Waals surface area (Å²) in [6.45, 7) is 0. The third kappa shape index (κ3) is 3.16. The smallest absolute Gasteiger partial charge is 0.230 e. The van der Waals surface area contributed by atoms with Crippen molar-refractivity contribution in [2.24, 2.45) is 0 Å². The number of rotatable bonds is 5. The maximum atomic E-state index is 11.8. The lowest BCUT2D eigenvalue weighted by atomic mass is 9.80. The van der Waals surface area contributed by atoms with Gasteiger partial charge in [0.15, 0.2) is 5.82 Å². The Morgan fingerprint density at radius 1 is 1.35 bits per heavy atom. The lowest BCUT2D eigenvalue weighted by Crippen LogP contribution is -2.44. The molecule has 0 saturated heterocycles. The van der Waals surface area contributed by atoms with Crippen LogP contribution in [0.4, 0.5) is 0 Å². The van der Waals surface area contributed by atoms with E-state index in [1.54, 1.807) is 11.8 Å². The summed E-state index contributed by atoms with van der Waals surface area (Å²) in [5.41, 5.74) is 0. The molecular formula is C13H15N5OS. The molecule has 0 spiro atoms. The number of carbonyl (C=O) groups excluding carboxylic acids is 1. The first kappa shape index (κ1) is 13.1. The Hall–Kier alpha value is -1.89. The fourth-order valence-corrected chi connectivity index (χ4v) is 2.95. The minimum absolute atomic E-state index is 0.0791. The van der Waals surface area contributed by atoms with Gasteiger partial charge in [0.2, 0.25) is 5.91 Å². The van der Waals surface area contributed by atoms with Gasteiger partial charge < -0.3 is 5.32 Å². The summed E-state index contributed by atoms with van der Waals surface area (Å²) in [6, 6.07) is 10.2. The molecule has 1 aliphatic rings. The van der Waals surface area contributed by atoms with Gasteiger partial charge in [-0.25, -0.2) is 0 Å². The number of nitrogens with one attached hydrogen (secondary N) is 2. The maximum absolute atomic E-state index is 11.8. The van der Waals surface area contributed by atoms with Crippen LogP contribution in [0.15, 0.2) is 35.2 Å². The third-order valence-corrected chi connectivity index (χ3v) is 4.36. The highest BCUT2D eigenvalue weighted by Gasteiger charge is 2.33. The molecule has 1 aromatic heterocycles. The minimum atomic E-state index is 0.0791. The van der Waals surface area contributed by atoms with E-state index in [0.717, 1.165) is 23.6 Å². The number of aromatic nitrogens is 4. The molecule has 20 heavy (non-hydrogen) atoms. The fourth-order valence-electron chi connectivity index (χ4n) is 2.22. The fraction of sp³-hybridized carbons (Fsp3) is 0.385. The molecule has 0 aliphatic heterocycles. The van der Waals surface area contributed by atoms with Gasteiger partial charge in [-0.15, -0.1) is 22.0 Å². The first-order valence-electron chi connectivity index (χ1n) is 6.52. The van der Waals surface area contributed by atoms with Crippen molar-refractivity contribution in [3.05, 3.63) is 36.2 Å². The summed E-state index contributed by atoms with van der Waals surface area (Å²) >= 11 is 1.55. The Bertz CT molecular complexity index is 553. The van der Waals surface area contributed by atoms with E-state index >= 15 is 0 Å². The average molecular weight is 289 g/mol. The van der Waals surface area contributed by atoms with Crippen molar-refractivity contribution in [1.82, 2.24) is 25.9 Å². The Balaban J connectivity index is 1.38. The zero-order chi connectivity index (χ0) is 13.8. The highest BCUT2D eigenvalue weighted by atomic mass is 32.2. The Morgan fingerprint density at radius 3 is 2.85 bits per heavy atom. The number of benzene rings is 1. The van der Waals surface area contributed by atoms with Crippen LogP contribution in [0.25, 0.3) is 0 Å². The van der Waals surface area contributed by atoms with Gasteiger partial charge in [-0.2, -0.15) is 5.21 Å². The van der Waals surface area contributed by atoms with Crippen molar-refractivity contribution in [3.63, 3.8) is 0 Å². The van der Waals surface area contributed by atoms with Gasteiger partial charge in [0.25, 0.3) is 0 Å². The van der Waals surface area contributed by atoms with Crippen LogP contribution in [0, 0.1) is 0 Å². The molecule has 6 nitrogen and oxygen atoms in total. The molecule has 0 radical (unpaired) electrons. The van der Waals surface area contributed by atoms with Crippen molar-refractivity contribution in [1.29, 1.82) is 0 Å². The summed E-state index contributed by atoms with van der Waals surface area (Å²) < 4.78 is 0. The van der Waals surface area contributed by atoms with Gasteiger partial charge in [0, 0.05) is 16.9 Å². The van der Waals surface area contributed by atoms with Crippen molar-refractivity contribution in [2.45, 2.75) is 29.7 Å². The van der Waals surface area contributed by atoms with E-state index in [2.05, 4.69) is 25.9 Å². The van der Waals surface area contributed by atoms with Crippen LogP contribution in [-0.4, -0.2) is 38.3 Å². The average Bonchev–Trinajstić information content (AvgIpc) is 2.95. The van der Waals surface area contributed by atoms with Gasteiger partial charge in [-0.3, -0.25) is 4.79 Å². The summed E-state index contributed by atoms with van der Waals surface area (Å²) in [5, 5.41) is 17.0. The molecule has 3 rings (SSSR count). The molecule has 2 N–H and O–H groups in total. The molecule has 0 unspecified atom stereocenters. The Labute approximate surface area is 120 Å². The molecule has 7 heteroatoms. The second-order valence-electron chi connectivity index (χ2n) is 4.80. The van der Waals surface area contributed by atoms with Crippen LogP contribution in [0.2, 0.25) is 0 Å². The summed E-state index contributed by atoms with van der Waals surface area (Å²) in [5.74, 6) is 1.60. The number of thioether (sulfide) groups is 1. The number of H-pyrrole nitrogens is 1. The van der Waals surface area contributed by atoms with Crippen LogP contribution in [-0.2, 0) is 4.79 Å². The van der Waals surface area contributed by atoms with Gasteiger partial charge >= 0.3 is 0 Å². The zero-order valence-electron chi connectivity index (χ0n) is 10.8. The number of amides is 1. The van der Waals surface area contributed by atoms with Crippen LogP contribution in [0.5, 0.6) is 0 Å². The zero-order valence-corrected chi connectivity index (χ0v) is 11.6. The molecule has 1 fully saturated rings. The van der Waals surface area contributed by atoms with Crippen LogP contribution in [0.1, 0.15) is 24.6 Å². The van der Waals surface area contributed by atoms with Gasteiger partial charge in [0.1, 0.15) is 0 Å². The molecule has 1 heterocycles. The Morgan fingerprint density at radius 2 is 2.15 bits per heavy atom. The van der Waals surface area contributed by atoms with Gasteiger partial charge in [-0.05, 0) is 25.0 Å². The van der Waals surface area contributed by atoms with Crippen molar-refractivity contribution in [2.75, 3.05) is 5.75 Å². The molecule has 1 aromatic carbocycles. The molecule has 0 atom stereocenters. The van der Waals surface area contributed by atoms with E-state index in [9.17, 15) is 4.79 Å². The predicted molar refractivity (Wildman–Crippen MR) is 75.2 cm³/mol. The van der Waals surface area contributed by atoms with E-state index in [0.29, 0.717) is 11.7 Å². The van der Waals surface area contributed by atoms with Gasteiger partial charge in [0.05, 0.1) is 5.75 Å². The molecule has 1 saturated carbocycles. The summed E-state index contributed by atoms with van der Waals surface area (Å²) in [7, 11) is 0. The number of hydrogen-bond acceptors (Lipinski definition) is 5. The quantitative estimate of drug-likeness (QED) is 0.812. The van der Waals surface area contributed by atoms with Crippen molar-refractivity contribution >= 4 is 17.7 Å². The van der Waals surface area contributed by atoms with Crippen molar-refractivity contribution in [3.8, 4) is 0 Å². The lowest BCUT2D eigenvalue weighted by molar-refractivity contribution is -0.119. The second-order valence-corrected chi connectivity index (χ2v) is 5.85. The van der Waals surface area contributed by atoms with E-state index in [-0.39, 0.29) is 11.9 Å². The largest absolute Gasteiger partial charge is 0.353 e. The van der Waals surface area contributed by atoms with E-state index < -0.39 is 0 Å². The van der Waals surface area contributed by atoms with Crippen molar-refractivity contribution < 1.29 is 4.79 Å². The predicted octanol–water partition coefficient (Wildman–Crippen LogP) is 1.35. The molecule has 0 bridgehead atoms. The number of carbonyl (C=O) groups is 1. The van der Waals surface area contributed by atoms with E-state index in [1.807, 2.05) is 30.3 Å². The van der Waals surface area contributed by atoms with Crippen LogP contribution >= 0.6 is 11.8 Å². The summed E-state index contributed by atoms with van der Waals surface area (Å²) in [4.78, 5) is 12.9. The standard InChI is InChI=1S/C13H15N5OS/c19-12(8-20-11-4-2-1-3-5-11)14-10-6-9(7-10)13-15-17-18-16-13/h1-5,9-10H,6-8H2,(H,14,19)(H,15,16,17,18). The minimum Gasteiger partial charge on any atom is -0.353 e. The first-order chi connectivity index (χ1) is 9.81. The number of aromatic amines is 1. The van der Waals surface area contributed by atoms with Crippen LogP contribution < -0.4 is 5.32 Å². The normalized spacial score (nSPS) is 21.2. The summed E-state index contributed by atoms with van der Waals surface area (Å²) in [6.07, 6.45) is 1.78. The first-order valence-corrected chi connectivity index (χ1v) is 7.50. The topological polar surface area (TPSA) is 83.6 Å². The van der Waals surface area contributed by atoms with E-state index in [1.165, 1.54) is 0 Å². The molecule has 2 aromatic rings. The molecular weight excluding hydrogens is 274 g/mol. The van der Waals surface area contributed by atoms with Gasteiger partial charge in [-0.1, -0.05) is 23.4 Å². The highest BCUT2D eigenvalue weighted by molar-refractivity contribution is 8.00. The van der Waals surface area contributed by atoms with Crippen LogP contribution in [0.3, 0.4) is 0 Å². The van der Waals surface area contributed by atoms with E-state index in [4.69, 9.17) is 0 Å². The molecule has 1 amide bonds. The number of nitrogens with zero attached hydrogens (tertiary/aromatic N) is 3. The number of hydrogen-bond donors (Lipinski definition) is 2. The second kappa shape index (κ2) is 6.04. The Kier molecular flexibility index (Phi) is 3.96.